The van der Waals surface area contributed by atoms with Gasteiger partial charge in [0, 0.05) is 10.2 Å². The summed E-state index contributed by atoms with van der Waals surface area (Å²) in [7, 11) is -3.82. The monoisotopic (exact) mass is 373 g/mol. The summed E-state index contributed by atoms with van der Waals surface area (Å²) in [4.78, 5) is 4.08. The van der Waals surface area contributed by atoms with Crippen LogP contribution in [0.5, 0.6) is 0 Å². The van der Waals surface area contributed by atoms with E-state index in [-0.39, 0.29) is 21.6 Å². The van der Waals surface area contributed by atoms with E-state index in [1.165, 1.54) is 0 Å². The Morgan fingerprint density at radius 1 is 1.38 bits per heavy atom. The first-order valence-electron chi connectivity index (χ1n) is 5.96. The molecule has 0 amide bonds. The molecule has 0 radical (unpaired) electrons. The van der Waals surface area contributed by atoms with Crippen LogP contribution >= 0.6 is 15.9 Å². The summed E-state index contributed by atoms with van der Waals surface area (Å²) in [6.07, 6.45) is 0. The maximum Gasteiger partial charge on any atom is 0.242 e. The minimum absolute atomic E-state index is 0.0355. The summed E-state index contributed by atoms with van der Waals surface area (Å²) in [6, 6.07) is 7.41. The molecule has 1 aromatic heterocycles. The van der Waals surface area contributed by atoms with Crippen molar-refractivity contribution < 1.29 is 12.8 Å². The molecule has 112 valence electrons. The maximum absolute atomic E-state index is 13.3. The van der Waals surface area contributed by atoms with Crippen molar-refractivity contribution in [3.63, 3.8) is 0 Å². The van der Waals surface area contributed by atoms with Gasteiger partial charge in [-0.25, -0.2) is 17.5 Å². The zero-order chi connectivity index (χ0) is 15.6. The molecular weight excluding hydrogens is 361 g/mol. The number of anilines is 1. The lowest BCUT2D eigenvalue weighted by Gasteiger charge is -2.10. The van der Waals surface area contributed by atoms with Crippen LogP contribution in [0.4, 0.5) is 10.1 Å². The van der Waals surface area contributed by atoms with Gasteiger partial charge in [-0.3, -0.25) is 4.98 Å². The lowest BCUT2D eigenvalue weighted by molar-refractivity contribution is 0.579. The molecule has 0 saturated carbocycles. The first-order valence-corrected chi connectivity index (χ1v) is 8.24. The molecule has 0 aliphatic heterocycles. The van der Waals surface area contributed by atoms with Gasteiger partial charge in [-0.05, 0) is 47.1 Å². The van der Waals surface area contributed by atoms with Gasteiger partial charge in [-0.1, -0.05) is 6.07 Å². The molecule has 3 N–H and O–H groups in total. The fourth-order valence-corrected chi connectivity index (χ4v) is 3.74. The number of benzene rings is 1. The van der Waals surface area contributed by atoms with Gasteiger partial charge in [-0.2, -0.15) is 0 Å². The molecule has 2 aromatic rings. The van der Waals surface area contributed by atoms with E-state index in [0.29, 0.717) is 5.69 Å². The lowest BCUT2D eigenvalue weighted by Crippen LogP contribution is -2.24. The Morgan fingerprint density at radius 3 is 2.76 bits per heavy atom. The predicted octanol–water partition coefficient (Wildman–Crippen LogP) is 2.35. The number of nitrogen functional groups attached to an aromatic ring is 1. The lowest BCUT2D eigenvalue weighted by atomic mass is 10.3. The average Bonchev–Trinajstić information content (AvgIpc) is 2.41. The number of nitrogens with one attached hydrogen (secondary N) is 1. The molecule has 0 saturated heterocycles. The molecule has 0 aliphatic carbocycles. The zero-order valence-electron chi connectivity index (χ0n) is 11.1. The number of nitrogens with zero attached hydrogens (tertiary/aromatic N) is 1. The summed E-state index contributed by atoms with van der Waals surface area (Å²) >= 11 is 3.02. The van der Waals surface area contributed by atoms with Gasteiger partial charge >= 0.3 is 0 Å². The fourth-order valence-electron chi connectivity index (χ4n) is 1.70. The summed E-state index contributed by atoms with van der Waals surface area (Å²) < 4.78 is 40.2. The second-order valence-electron chi connectivity index (χ2n) is 4.40. The smallest absolute Gasteiger partial charge is 0.242 e. The van der Waals surface area contributed by atoms with Crippen LogP contribution < -0.4 is 10.5 Å². The molecule has 1 aromatic carbocycles. The number of hydrogen-bond donors (Lipinski definition) is 2. The van der Waals surface area contributed by atoms with Crippen molar-refractivity contribution in [1.29, 1.82) is 0 Å². The Hall–Kier alpha value is -1.51. The standard InChI is InChI=1S/C13H13BrFN3O2S/c1-8-3-2-4-9(18-8)7-17-21(19,20)13-6-12(16)11(15)5-10(13)14/h2-6,17H,7,16H2,1H3. The van der Waals surface area contributed by atoms with E-state index >= 15 is 0 Å². The fraction of sp³-hybridized carbons (Fsp3) is 0.154. The quantitative estimate of drug-likeness (QED) is 0.805. The number of halogens is 2. The molecule has 0 bridgehead atoms. The summed E-state index contributed by atoms with van der Waals surface area (Å²) in [5, 5.41) is 0. The number of pyridine rings is 1. The molecule has 0 aliphatic rings. The second-order valence-corrected chi connectivity index (χ2v) is 6.99. The topological polar surface area (TPSA) is 85.1 Å². The second kappa shape index (κ2) is 6.08. The maximum atomic E-state index is 13.3. The number of aryl methyl sites for hydroxylation is 1. The van der Waals surface area contributed by atoms with Gasteiger partial charge in [0.1, 0.15) is 5.82 Å². The van der Waals surface area contributed by atoms with Gasteiger partial charge in [-0.15, -0.1) is 0 Å². The molecule has 0 spiro atoms. The van der Waals surface area contributed by atoms with Crippen molar-refractivity contribution in [2.75, 3.05) is 5.73 Å². The Bertz CT molecular complexity index is 781. The number of sulfonamides is 1. The normalized spacial score (nSPS) is 11.6. The number of nitrogens with two attached hydrogens (primary N) is 1. The van der Waals surface area contributed by atoms with Gasteiger partial charge in [0.25, 0.3) is 0 Å². The van der Waals surface area contributed by atoms with Crippen molar-refractivity contribution in [2.24, 2.45) is 0 Å². The van der Waals surface area contributed by atoms with Gasteiger partial charge in [0.05, 0.1) is 22.8 Å². The van der Waals surface area contributed by atoms with Crippen LogP contribution in [-0.4, -0.2) is 13.4 Å². The summed E-state index contributed by atoms with van der Waals surface area (Å²) in [5.41, 5.74) is 6.56. The van der Waals surface area contributed by atoms with Crippen molar-refractivity contribution in [2.45, 2.75) is 18.4 Å². The number of rotatable bonds is 4. The van der Waals surface area contributed by atoms with Gasteiger partial charge in [0.2, 0.25) is 10.0 Å². The first kappa shape index (κ1) is 15.9. The zero-order valence-corrected chi connectivity index (χ0v) is 13.5. The summed E-state index contributed by atoms with van der Waals surface area (Å²) in [6.45, 7) is 1.85. The Morgan fingerprint density at radius 2 is 2.10 bits per heavy atom. The van der Waals surface area contributed by atoms with E-state index in [4.69, 9.17) is 5.73 Å². The molecule has 0 fully saturated rings. The van der Waals surface area contributed by atoms with Crippen LogP contribution in [0.1, 0.15) is 11.4 Å². The highest BCUT2D eigenvalue weighted by atomic mass is 79.9. The summed E-state index contributed by atoms with van der Waals surface area (Å²) in [5.74, 6) is -0.679. The molecule has 1 heterocycles. The van der Waals surface area contributed by atoms with Crippen LogP contribution in [0.3, 0.4) is 0 Å². The third-order valence-electron chi connectivity index (χ3n) is 2.73. The Labute approximate surface area is 130 Å². The highest BCUT2D eigenvalue weighted by Crippen LogP contribution is 2.26. The minimum atomic E-state index is -3.82. The highest BCUT2D eigenvalue weighted by molar-refractivity contribution is 9.10. The molecule has 5 nitrogen and oxygen atoms in total. The van der Waals surface area contributed by atoms with E-state index in [2.05, 4.69) is 25.6 Å². The van der Waals surface area contributed by atoms with Crippen LogP contribution in [0, 0.1) is 12.7 Å². The molecule has 2 rings (SSSR count). The number of aromatic nitrogens is 1. The Kier molecular flexibility index (Phi) is 4.60. The van der Waals surface area contributed by atoms with Crippen molar-refractivity contribution >= 4 is 31.6 Å². The SMILES string of the molecule is Cc1cccc(CNS(=O)(=O)c2cc(N)c(F)cc2Br)n1. The van der Waals surface area contributed by atoms with E-state index < -0.39 is 15.8 Å². The van der Waals surface area contributed by atoms with Crippen LogP contribution in [0.15, 0.2) is 39.7 Å². The van der Waals surface area contributed by atoms with Crippen LogP contribution in [0.2, 0.25) is 0 Å². The van der Waals surface area contributed by atoms with Crippen LogP contribution in [0.25, 0.3) is 0 Å². The minimum Gasteiger partial charge on any atom is -0.396 e. The molecule has 21 heavy (non-hydrogen) atoms. The van der Waals surface area contributed by atoms with E-state index in [9.17, 15) is 12.8 Å². The predicted molar refractivity (Wildman–Crippen MR) is 81.5 cm³/mol. The van der Waals surface area contributed by atoms with Crippen molar-refractivity contribution in [1.82, 2.24) is 9.71 Å². The Balaban J connectivity index is 2.25. The molecule has 8 heteroatoms. The van der Waals surface area contributed by atoms with Gasteiger partial charge < -0.3 is 5.73 Å². The third kappa shape index (κ3) is 3.78. The molecule has 0 unspecified atom stereocenters. The highest BCUT2D eigenvalue weighted by Gasteiger charge is 2.19. The van der Waals surface area contributed by atoms with E-state index in [1.807, 2.05) is 13.0 Å². The van der Waals surface area contributed by atoms with Crippen molar-refractivity contribution in [3.05, 3.63) is 52.0 Å². The van der Waals surface area contributed by atoms with E-state index in [0.717, 1.165) is 17.8 Å². The molecular formula is C13H13BrFN3O2S. The third-order valence-corrected chi connectivity index (χ3v) is 5.09. The largest absolute Gasteiger partial charge is 0.396 e. The number of hydrogen-bond acceptors (Lipinski definition) is 4. The van der Waals surface area contributed by atoms with Crippen molar-refractivity contribution in [3.8, 4) is 0 Å². The average molecular weight is 374 g/mol. The van der Waals surface area contributed by atoms with Gasteiger partial charge in [0.15, 0.2) is 0 Å². The first-order chi connectivity index (χ1) is 9.79. The van der Waals surface area contributed by atoms with E-state index in [1.54, 1.807) is 12.1 Å². The molecule has 0 atom stereocenters. The van der Waals surface area contributed by atoms with Crippen LogP contribution in [-0.2, 0) is 16.6 Å².